The fraction of sp³-hybridized carbons (Fsp3) is 0.130. The second-order valence-corrected chi connectivity index (χ2v) is 9.04. The highest BCUT2D eigenvalue weighted by molar-refractivity contribution is 7.92. The Morgan fingerprint density at radius 3 is 2.42 bits per heavy atom. The summed E-state index contributed by atoms with van der Waals surface area (Å²) in [5.74, 6) is 1.10. The lowest BCUT2D eigenvalue weighted by Crippen LogP contribution is -2.17. The van der Waals surface area contributed by atoms with Gasteiger partial charge in [-0.25, -0.2) is 13.4 Å². The van der Waals surface area contributed by atoms with Crippen LogP contribution in [0, 0.1) is 6.92 Å². The Hall–Kier alpha value is -4.05. The van der Waals surface area contributed by atoms with Crippen molar-refractivity contribution in [3.05, 3.63) is 72.1 Å². The molecule has 2 heterocycles. The van der Waals surface area contributed by atoms with Gasteiger partial charge in [-0.05, 0) is 54.6 Å². The lowest BCUT2D eigenvalue weighted by molar-refractivity contribution is 0.102. The Balaban J connectivity index is 1.29. The fourth-order valence-electron chi connectivity index (χ4n) is 3.42. The number of fused-ring (bicyclic) bond motifs is 2. The Morgan fingerprint density at radius 1 is 0.909 bits per heavy atom. The number of aromatic nitrogens is 1. The van der Waals surface area contributed by atoms with Crippen LogP contribution >= 0.6 is 0 Å². The van der Waals surface area contributed by atoms with Gasteiger partial charge in [0.15, 0.2) is 23.0 Å². The molecule has 0 unspecified atom stereocenters. The molecule has 2 N–H and O–H groups in total. The summed E-state index contributed by atoms with van der Waals surface area (Å²) in [6, 6.07) is 15.7. The smallest absolute Gasteiger partial charge is 0.262 e. The Labute approximate surface area is 189 Å². The summed E-state index contributed by atoms with van der Waals surface area (Å²) in [6.45, 7) is 2.53. The van der Waals surface area contributed by atoms with Gasteiger partial charge in [0.1, 0.15) is 18.7 Å². The molecule has 0 spiro atoms. The highest BCUT2D eigenvalue weighted by atomic mass is 32.2. The van der Waals surface area contributed by atoms with Crippen LogP contribution in [0.3, 0.4) is 0 Å². The van der Waals surface area contributed by atoms with E-state index in [4.69, 9.17) is 13.9 Å². The van der Waals surface area contributed by atoms with Gasteiger partial charge < -0.3 is 19.2 Å². The molecule has 0 radical (unpaired) electrons. The van der Waals surface area contributed by atoms with Crippen LogP contribution in [0.15, 0.2) is 70.0 Å². The molecule has 0 fully saturated rings. The molecule has 33 heavy (non-hydrogen) atoms. The second kappa shape index (κ2) is 8.14. The molecule has 168 valence electrons. The van der Waals surface area contributed by atoms with Gasteiger partial charge in [-0.2, -0.15) is 0 Å². The fourth-order valence-corrected chi connectivity index (χ4v) is 4.49. The number of sulfonamides is 1. The van der Waals surface area contributed by atoms with E-state index in [2.05, 4.69) is 15.0 Å². The highest BCUT2D eigenvalue weighted by Gasteiger charge is 2.20. The van der Waals surface area contributed by atoms with Crippen LogP contribution in [-0.4, -0.2) is 32.5 Å². The van der Waals surface area contributed by atoms with Crippen molar-refractivity contribution < 1.29 is 27.1 Å². The number of anilines is 2. The number of ether oxygens (including phenoxy) is 2. The average molecular weight is 465 g/mol. The number of carbonyl (C=O) groups excluding carboxylic acids is 1. The summed E-state index contributed by atoms with van der Waals surface area (Å²) >= 11 is 0. The number of oxazole rings is 1. The molecule has 0 saturated heterocycles. The van der Waals surface area contributed by atoms with Crippen molar-refractivity contribution in [1.82, 2.24) is 4.98 Å². The second-order valence-electron chi connectivity index (χ2n) is 7.36. The van der Waals surface area contributed by atoms with E-state index in [0.717, 1.165) is 0 Å². The predicted octanol–water partition coefficient (Wildman–Crippen LogP) is 3.96. The number of carbonyl (C=O) groups is 1. The molecule has 1 aromatic heterocycles. The number of hydrogen-bond donors (Lipinski definition) is 2. The number of nitrogens with zero attached hydrogens (tertiary/aromatic N) is 1. The van der Waals surface area contributed by atoms with Crippen molar-refractivity contribution in [3.63, 3.8) is 0 Å². The van der Waals surface area contributed by atoms with Gasteiger partial charge in [-0.15, -0.1) is 0 Å². The summed E-state index contributed by atoms with van der Waals surface area (Å²) in [4.78, 5) is 16.9. The van der Waals surface area contributed by atoms with E-state index in [9.17, 15) is 13.2 Å². The monoisotopic (exact) mass is 465 g/mol. The Kier molecular flexibility index (Phi) is 5.14. The molecule has 5 rings (SSSR count). The molecule has 1 aliphatic rings. The van der Waals surface area contributed by atoms with Gasteiger partial charge in [-0.1, -0.05) is 0 Å². The lowest BCUT2D eigenvalue weighted by Gasteiger charge is -2.19. The molecule has 4 aromatic rings. The van der Waals surface area contributed by atoms with E-state index in [1.165, 1.54) is 36.4 Å². The topological polar surface area (TPSA) is 120 Å². The van der Waals surface area contributed by atoms with Crippen LogP contribution in [0.5, 0.6) is 11.5 Å². The zero-order chi connectivity index (χ0) is 23.0. The van der Waals surface area contributed by atoms with Crippen LogP contribution in [0.25, 0.3) is 11.1 Å². The minimum Gasteiger partial charge on any atom is -0.486 e. The van der Waals surface area contributed by atoms with Gasteiger partial charge in [-0.3, -0.25) is 9.52 Å². The van der Waals surface area contributed by atoms with Gasteiger partial charge in [0.25, 0.3) is 15.9 Å². The first kappa shape index (κ1) is 20.8. The molecule has 0 atom stereocenters. The third-order valence-electron chi connectivity index (χ3n) is 4.98. The number of benzene rings is 3. The van der Waals surface area contributed by atoms with Crippen molar-refractivity contribution >= 4 is 38.4 Å². The molecule has 1 aliphatic heterocycles. The van der Waals surface area contributed by atoms with Gasteiger partial charge in [0.05, 0.1) is 4.90 Å². The Bertz CT molecular complexity index is 1460. The highest BCUT2D eigenvalue weighted by Crippen LogP contribution is 2.32. The molecule has 3 aromatic carbocycles. The van der Waals surface area contributed by atoms with E-state index in [0.29, 0.717) is 58.6 Å². The van der Waals surface area contributed by atoms with Crippen LogP contribution in [0.4, 0.5) is 11.4 Å². The maximum absolute atomic E-state index is 12.8. The zero-order valence-corrected chi connectivity index (χ0v) is 18.3. The number of hydrogen-bond acceptors (Lipinski definition) is 7. The van der Waals surface area contributed by atoms with Crippen LogP contribution in [-0.2, 0) is 10.0 Å². The number of amides is 1. The largest absolute Gasteiger partial charge is 0.486 e. The maximum atomic E-state index is 12.8. The predicted molar refractivity (Wildman–Crippen MR) is 121 cm³/mol. The minimum absolute atomic E-state index is 0.0482. The van der Waals surface area contributed by atoms with E-state index in [-0.39, 0.29) is 10.8 Å². The minimum atomic E-state index is -3.85. The number of nitrogens with one attached hydrogen (secondary N) is 2. The molecule has 1 amide bonds. The van der Waals surface area contributed by atoms with E-state index >= 15 is 0 Å². The lowest BCUT2D eigenvalue weighted by atomic mass is 10.2. The molecule has 9 nitrogen and oxygen atoms in total. The first-order chi connectivity index (χ1) is 15.9. The molecular formula is C23H19N3O6S. The van der Waals surface area contributed by atoms with Crippen molar-refractivity contribution in [2.24, 2.45) is 0 Å². The third kappa shape index (κ3) is 4.33. The standard InChI is InChI=1S/C23H19N3O6S/c1-14-24-19-12-17(6-8-20(19)32-14)25-23(27)15-2-4-16(5-3-15)26-33(28,29)18-7-9-21-22(13-18)31-11-10-30-21/h2-9,12-13,26H,10-11H2,1H3,(H,25,27). The van der Waals surface area contributed by atoms with E-state index < -0.39 is 10.0 Å². The summed E-state index contributed by atoms with van der Waals surface area (Å²) in [5.41, 5.74) is 2.55. The molecule has 0 aliphatic carbocycles. The third-order valence-corrected chi connectivity index (χ3v) is 6.35. The normalized spacial score (nSPS) is 13.0. The van der Waals surface area contributed by atoms with E-state index in [1.54, 1.807) is 31.2 Å². The molecule has 0 bridgehead atoms. The molecular weight excluding hydrogens is 446 g/mol. The van der Waals surface area contributed by atoms with Gasteiger partial charge >= 0.3 is 0 Å². The van der Waals surface area contributed by atoms with Crippen LogP contribution < -0.4 is 19.5 Å². The maximum Gasteiger partial charge on any atom is 0.262 e. The van der Waals surface area contributed by atoms with Crippen molar-refractivity contribution in [2.75, 3.05) is 23.3 Å². The van der Waals surface area contributed by atoms with Crippen molar-refractivity contribution in [2.45, 2.75) is 11.8 Å². The van der Waals surface area contributed by atoms with Crippen LogP contribution in [0.2, 0.25) is 0 Å². The van der Waals surface area contributed by atoms with Gasteiger partial charge in [0, 0.05) is 29.9 Å². The summed E-state index contributed by atoms with van der Waals surface area (Å²) in [5, 5.41) is 2.80. The van der Waals surface area contributed by atoms with Crippen LogP contribution in [0.1, 0.15) is 16.2 Å². The number of aryl methyl sites for hydroxylation is 1. The van der Waals surface area contributed by atoms with E-state index in [1.807, 2.05) is 0 Å². The van der Waals surface area contributed by atoms with Gasteiger partial charge in [0.2, 0.25) is 0 Å². The zero-order valence-electron chi connectivity index (χ0n) is 17.5. The SMILES string of the molecule is Cc1nc2cc(NC(=O)c3ccc(NS(=O)(=O)c4ccc5c(c4)OCCO5)cc3)ccc2o1. The average Bonchev–Trinajstić information content (AvgIpc) is 3.18. The summed E-state index contributed by atoms with van der Waals surface area (Å²) in [6.07, 6.45) is 0. The quantitative estimate of drug-likeness (QED) is 0.458. The van der Waals surface area contributed by atoms with Crippen molar-refractivity contribution in [1.29, 1.82) is 0 Å². The Morgan fingerprint density at radius 2 is 1.64 bits per heavy atom. The first-order valence-electron chi connectivity index (χ1n) is 10.1. The summed E-state index contributed by atoms with van der Waals surface area (Å²) < 4.78 is 44.3. The first-order valence-corrected chi connectivity index (χ1v) is 11.6. The molecule has 0 saturated carbocycles. The van der Waals surface area contributed by atoms with Crippen molar-refractivity contribution in [3.8, 4) is 11.5 Å². The number of rotatable bonds is 5. The molecule has 10 heteroatoms. The summed E-state index contributed by atoms with van der Waals surface area (Å²) in [7, 11) is -3.85.